The SMILES string of the molecule is Fc1cc2nc([C@@H]3CCCN3)[nH]c2cc1[C@H]1CC[C@@H](c2cc3[nH]c([C@@H]4CCCN4)nc3cc2F)N1c1cc(F)c(N2CCC(c3ccc4ccccc4c3)CC2)c(F)c1. The summed E-state index contributed by atoms with van der Waals surface area (Å²) in [7, 11) is 0. The van der Waals surface area contributed by atoms with Gasteiger partial charge in [0.2, 0.25) is 0 Å². The van der Waals surface area contributed by atoms with Gasteiger partial charge in [0.05, 0.1) is 46.2 Å². The summed E-state index contributed by atoms with van der Waals surface area (Å²) in [5.41, 5.74) is 4.56. The van der Waals surface area contributed by atoms with Crippen LogP contribution in [0.2, 0.25) is 0 Å². The maximum absolute atomic E-state index is 16.6. The molecule has 0 bridgehead atoms. The smallest absolute Gasteiger partial charge is 0.151 e. The molecular formula is C47H46F4N8. The summed E-state index contributed by atoms with van der Waals surface area (Å²) < 4.78 is 65.9. The van der Waals surface area contributed by atoms with E-state index in [2.05, 4.69) is 50.9 Å². The van der Waals surface area contributed by atoms with Gasteiger partial charge in [0.25, 0.3) is 0 Å². The number of rotatable bonds is 7. The molecule has 11 rings (SSSR count). The van der Waals surface area contributed by atoms with E-state index in [0.717, 1.165) is 63.3 Å². The molecule has 5 aromatic carbocycles. The van der Waals surface area contributed by atoms with E-state index in [1.165, 1.54) is 40.6 Å². The van der Waals surface area contributed by atoms with Gasteiger partial charge in [0.1, 0.15) is 29.0 Å². The minimum atomic E-state index is -0.690. The number of aromatic nitrogens is 4. The van der Waals surface area contributed by atoms with Gasteiger partial charge in [-0.05, 0) is 111 Å². The molecule has 4 fully saturated rings. The van der Waals surface area contributed by atoms with E-state index in [4.69, 9.17) is 9.97 Å². The molecule has 2 aromatic heterocycles. The van der Waals surface area contributed by atoms with E-state index in [1.54, 1.807) is 17.0 Å². The number of anilines is 2. The van der Waals surface area contributed by atoms with Gasteiger partial charge in [-0.2, -0.15) is 0 Å². The quantitative estimate of drug-likeness (QED) is 0.120. The van der Waals surface area contributed by atoms with Gasteiger partial charge in [0.15, 0.2) is 11.6 Å². The maximum atomic E-state index is 16.6. The molecule has 6 heterocycles. The molecule has 0 saturated carbocycles. The van der Waals surface area contributed by atoms with Gasteiger partial charge >= 0.3 is 0 Å². The molecule has 0 amide bonds. The summed E-state index contributed by atoms with van der Waals surface area (Å²) in [6, 6.07) is 22.8. The number of H-pyrrole nitrogens is 2. The van der Waals surface area contributed by atoms with Crippen LogP contribution in [-0.2, 0) is 0 Å². The first-order chi connectivity index (χ1) is 28.8. The van der Waals surface area contributed by atoms with Crippen LogP contribution >= 0.6 is 0 Å². The molecule has 4 aliphatic heterocycles. The van der Waals surface area contributed by atoms with E-state index in [0.29, 0.717) is 59.1 Å². The minimum absolute atomic E-state index is 0.0609. The third kappa shape index (κ3) is 6.51. The second kappa shape index (κ2) is 14.7. The van der Waals surface area contributed by atoms with Crippen molar-refractivity contribution in [3.8, 4) is 0 Å². The molecule has 4 N–H and O–H groups in total. The van der Waals surface area contributed by atoms with Crippen molar-refractivity contribution < 1.29 is 17.6 Å². The van der Waals surface area contributed by atoms with Crippen LogP contribution in [0.4, 0.5) is 28.9 Å². The highest BCUT2D eigenvalue weighted by atomic mass is 19.1. The third-order valence-electron chi connectivity index (χ3n) is 13.5. The lowest BCUT2D eigenvalue weighted by Gasteiger charge is -2.36. The van der Waals surface area contributed by atoms with Crippen LogP contribution in [0, 0.1) is 23.3 Å². The zero-order valence-corrected chi connectivity index (χ0v) is 32.7. The van der Waals surface area contributed by atoms with Gasteiger partial charge in [-0.15, -0.1) is 0 Å². The lowest BCUT2D eigenvalue weighted by molar-refractivity contribution is 0.486. The van der Waals surface area contributed by atoms with E-state index in [9.17, 15) is 0 Å². The second-order valence-corrected chi connectivity index (χ2v) is 17.0. The molecular weight excluding hydrogens is 753 g/mol. The summed E-state index contributed by atoms with van der Waals surface area (Å²) in [6.07, 6.45) is 6.34. The van der Waals surface area contributed by atoms with E-state index in [1.807, 2.05) is 17.0 Å². The number of hydrogen-bond acceptors (Lipinski definition) is 6. The number of nitrogens with one attached hydrogen (secondary N) is 4. The monoisotopic (exact) mass is 798 g/mol. The van der Waals surface area contributed by atoms with E-state index in [-0.39, 0.29) is 29.4 Å². The Hall–Kier alpha value is -5.46. The first kappa shape index (κ1) is 36.6. The Bertz CT molecular complexity index is 2580. The number of hydrogen-bond donors (Lipinski definition) is 4. The van der Waals surface area contributed by atoms with Crippen molar-refractivity contribution in [2.24, 2.45) is 0 Å². The van der Waals surface area contributed by atoms with Crippen molar-refractivity contribution in [3.63, 3.8) is 0 Å². The number of piperidine rings is 1. The highest BCUT2D eigenvalue weighted by molar-refractivity contribution is 5.83. The molecule has 0 unspecified atom stereocenters. The van der Waals surface area contributed by atoms with Gasteiger partial charge in [-0.3, -0.25) is 0 Å². The summed E-state index contributed by atoms with van der Waals surface area (Å²) in [5, 5.41) is 9.26. The second-order valence-electron chi connectivity index (χ2n) is 17.0. The Morgan fingerprint density at radius 1 is 0.559 bits per heavy atom. The fraction of sp³-hybridized carbons (Fsp3) is 0.362. The molecule has 4 saturated heterocycles. The van der Waals surface area contributed by atoms with Crippen LogP contribution in [-0.4, -0.2) is 46.1 Å². The van der Waals surface area contributed by atoms with Gasteiger partial charge in [-0.25, -0.2) is 27.5 Å². The number of halogens is 4. The van der Waals surface area contributed by atoms with Crippen molar-refractivity contribution in [2.75, 3.05) is 36.0 Å². The summed E-state index contributed by atoms with van der Waals surface area (Å²) >= 11 is 0. The van der Waals surface area contributed by atoms with Crippen LogP contribution in [0.5, 0.6) is 0 Å². The molecule has 0 spiro atoms. The maximum Gasteiger partial charge on any atom is 0.151 e. The summed E-state index contributed by atoms with van der Waals surface area (Å²) in [6.45, 7) is 2.80. The first-order valence-electron chi connectivity index (χ1n) is 21.2. The van der Waals surface area contributed by atoms with Gasteiger partial charge in [0, 0.05) is 42.0 Å². The number of aromatic amines is 2. The number of nitrogens with zero attached hydrogens (tertiary/aromatic N) is 4. The predicted octanol–water partition coefficient (Wildman–Crippen LogP) is 10.5. The van der Waals surface area contributed by atoms with Crippen LogP contribution in [0.25, 0.3) is 32.8 Å². The lowest BCUT2D eigenvalue weighted by Crippen LogP contribution is -2.34. The largest absolute Gasteiger partial charge is 0.367 e. The molecule has 302 valence electrons. The Morgan fingerprint density at radius 2 is 1.12 bits per heavy atom. The zero-order chi connectivity index (χ0) is 39.8. The fourth-order valence-electron chi connectivity index (χ4n) is 10.5. The molecule has 12 heteroatoms. The van der Waals surface area contributed by atoms with E-state index < -0.39 is 35.4 Å². The van der Waals surface area contributed by atoms with Crippen molar-refractivity contribution in [3.05, 3.63) is 130 Å². The molecule has 4 aliphatic rings. The molecule has 8 nitrogen and oxygen atoms in total. The Balaban J connectivity index is 0.942. The van der Waals surface area contributed by atoms with Crippen LogP contribution < -0.4 is 20.4 Å². The average molecular weight is 799 g/mol. The Kier molecular flexibility index (Phi) is 9.10. The topological polar surface area (TPSA) is 87.9 Å². The fourth-order valence-corrected chi connectivity index (χ4v) is 10.5. The van der Waals surface area contributed by atoms with Crippen LogP contribution in [0.3, 0.4) is 0 Å². The van der Waals surface area contributed by atoms with Crippen molar-refractivity contribution >= 4 is 44.2 Å². The third-order valence-corrected chi connectivity index (χ3v) is 13.5. The van der Waals surface area contributed by atoms with Crippen molar-refractivity contribution in [1.29, 1.82) is 0 Å². The molecule has 0 aliphatic carbocycles. The van der Waals surface area contributed by atoms with Crippen molar-refractivity contribution in [1.82, 2.24) is 30.6 Å². The van der Waals surface area contributed by atoms with E-state index >= 15 is 17.6 Å². The standard InChI is InChI=1S/C47H46F4N8/c48-33-24-41-39(54-46(56-41)37-7-3-15-52-37)22-31(33)43-11-12-44(32-23-40-42(25-34(32)49)57-47(55-40)38-8-4-16-53-38)59(43)30-20-35(50)45(36(51)21-30)58-17-13-27(14-18-58)29-10-9-26-5-1-2-6-28(26)19-29/h1-2,5-6,9-10,19-25,27,37-38,43-44,52-53H,3-4,7-8,11-18H2,(H,54,56)(H,55,57)/t37-,38-,43-,44+/m0/s1. The molecule has 0 radical (unpaired) electrons. The van der Waals surface area contributed by atoms with Crippen molar-refractivity contribution in [2.45, 2.75) is 81.5 Å². The van der Waals surface area contributed by atoms with Crippen LogP contribution in [0.15, 0.2) is 78.9 Å². The summed E-state index contributed by atoms with van der Waals surface area (Å²) in [5.74, 6) is -0.495. The molecule has 7 aromatic rings. The predicted molar refractivity (Wildman–Crippen MR) is 224 cm³/mol. The Morgan fingerprint density at radius 3 is 1.66 bits per heavy atom. The lowest BCUT2D eigenvalue weighted by atomic mass is 9.88. The number of imidazole rings is 2. The molecule has 4 atom stereocenters. The van der Waals surface area contributed by atoms with Gasteiger partial charge in [-0.1, -0.05) is 42.5 Å². The zero-order valence-electron chi connectivity index (χ0n) is 32.7. The minimum Gasteiger partial charge on any atom is -0.367 e. The average Bonchev–Trinajstić information content (AvgIpc) is 4.10. The first-order valence-corrected chi connectivity index (χ1v) is 21.2. The normalized spacial score (nSPS) is 22.8. The number of fused-ring (bicyclic) bond motifs is 3. The highest BCUT2D eigenvalue weighted by Gasteiger charge is 2.40. The number of benzene rings is 5. The summed E-state index contributed by atoms with van der Waals surface area (Å²) in [4.78, 5) is 19.8. The van der Waals surface area contributed by atoms with Gasteiger partial charge < -0.3 is 30.4 Å². The Labute approximate surface area is 339 Å². The van der Waals surface area contributed by atoms with Crippen LogP contribution in [0.1, 0.15) is 110 Å². The highest BCUT2D eigenvalue weighted by Crippen LogP contribution is 2.50. The molecule has 59 heavy (non-hydrogen) atoms.